The van der Waals surface area contributed by atoms with Crippen LogP contribution in [0.2, 0.25) is 0 Å². The van der Waals surface area contributed by atoms with Crippen molar-refractivity contribution in [3.8, 4) is 0 Å². The Bertz CT molecular complexity index is 216. The van der Waals surface area contributed by atoms with Crippen molar-refractivity contribution in [3.05, 3.63) is 0 Å². The zero-order valence-corrected chi connectivity index (χ0v) is 9.03. The molecule has 0 aliphatic rings. The average Bonchev–Trinajstić information content (AvgIpc) is 2.02. The molecule has 0 aromatic carbocycles. The molecule has 0 radical (unpaired) electrons. The highest BCUT2D eigenvalue weighted by Crippen LogP contribution is 2.14. The lowest BCUT2D eigenvalue weighted by Crippen LogP contribution is -2.45. The van der Waals surface area contributed by atoms with Crippen LogP contribution in [0.15, 0.2) is 0 Å². The first-order valence-electron chi connectivity index (χ1n) is 4.54. The van der Waals surface area contributed by atoms with Crippen molar-refractivity contribution >= 4 is 12.0 Å². The summed E-state index contributed by atoms with van der Waals surface area (Å²) < 4.78 is 4.43. The standard InChI is InChI=1S/C9H18N2O3/c1-5(2)7(8(10)12)6(3)11-9(13)14-4/h5-7H,1-4H3,(H2,10,12)(H,11,13)/t6?,7-/m1/s1. The number of carbonyl (C=O) groups excluding carboxylic acids is 2. The van der Waals surface area contributed by atoms with E-state index in [0.717, 1.165) is 0 Å². The summed E-state index contributed by atoms with van der Waals surface area (Å²) in [5.41, 5.74) is 5.22. The zero-order valence-electron chi connectivity index (χ0n) is 9.03. The van der Waals surface area contributed by atoms with E-state index in [-0.39, 0.29) is 17.9 Å². The maximum absolute atomic E-state index is 11.1. The summed E-state index contributed by atoms with van der Waals surface area (Å²) in [5, 5.41) is 2.53. The molecule has 0 bridgehead atoms. The van der Waals surface area contributed by atoms with Gasteiger partial charge >= 0.3 is 6.09 Å². The van der Waals surface area contributed by atoms with Crippen LogP contribution in [0.25, 0.3) is 0 Å². The number of primary amides is 1. The van der Waals surface area contributed by atoms with Crippen molar-refractivity contribution < 1.29 is 14.3 Å². The lowest BCUT2D eigenvalue weighted by Gasteiger charge is -2.24. The zero-order chi connectivity index (χ0) is 11.3. The third-order valence-electron chi connectivity index (χ3n) is 2.12. The molecule has 0 aliphatic carbocycles. The van der Waals surface area contributed by atoms with Crippen molar-refractivity contribution in [3.63, 3.8) is 0 Å². The van der Waals surface area contributed by atoms with Gasteiger partial charge in [-0.2, -0.15) is 0 Å². The van der Waals surface area contributed by atoms with E-state index in [4.69, 9.17) is 5.73 Å². The summed E-state index contributed by atoms with van der Waals surface area (Å²) in [7, 11) is 1.27. The number of alkyl carbamates (subject to hydrolysis) is 1. The van der Waals surface area contributed by atoms with Crippen LogP contribution in [-0.4, -0.2) is 25.2 Å². The first-order chi connectivity index (χ1) is 6.40. The molecule has 0 aliphatic heterocycles. The van der Waals surface area contributed by atoms with E-state index in [0.29, 0.717) is 0 Å². The summed E-state index contributed by atoms with van der Waals surface area (Å²) >= 11 is 0. The number of hydrogen-bond acceptors (Lipinski definition) is 3. The summed E-state index contributed by atoms with van der Waals surface area (Å²) in [5.74, 6) is -0.711. The van der Waals surface area contributed by atoms with Crippen molar-refractivity contribution in [2.24, 2.45) is 17.6 Å². The Kier molecular flexibility index (Phi) is 4.97. The molecule has 2 atom stereocenters. The number of nitrogens with one attached hydrogen (secondary N) is 1. The fourth-order valence-electron chi connectivity index (χ4n) is 1.49. The monoisotopic (exact) mass is 202 g/mol. The second-order valence-corrected chi connectivity index (χ2v) is 3.60. The Morgan fingerprint density at radius 1 is 1.29 bits per heavy atom. The summed E-state index contributed by atoms with van der Waals surface area (Å²) in [6.45, 7) is 5.49. The van der Waals surface area contributed by atoms with E-state index >= 15 is 0 Å². The number of nitrogens with two attached hydrogens (primary N) is 1. The second kappa shape index (κ2) is 5.47. The lowest BCUT2D eigenvalue weighted by molar-refractivity contribution is -0.123. The van der Waals surface area contributed by atoms with Gasteiger partial charge in [0.2, 0.25) is 5.91 Å². The van der Waals surface area contributed by atoms with Crippen molar-refractivity contribution in [2.75, 3.05) is 7.11 Å². The number of ether oxygens (including phenoxy) is 1. The van der Waals surface area contributed by atoms with Crippen LogP contribution < -0.4 is 11.1 Å². The number of amides is 2. The smallest absolute Gasteiger partial charge is 0.407 e. The summed E-state index contributed by atoms with van der Waals surface area (Å²) in [6.07, 6.45) is -0.551. The Morgan fingerprint density at radius 3 is 2.07 bits per heavy atom. The fraction of sp³-hybridized carbons (Fsp3) is 0.778. The van der Waals surface area contributed by atoms with Crippen LogP contribution in [0.4, 0.5) is 4.79 Å². The Labute approximate surface area is 84.0 Å². The highest BCUT2D eigenvalue weighted by Gasteiger charge is 2.27. The van der Waals surface area contributed by atoms with E-state index in [1.165, 1.54) is 7.11 Å². The predicted molar refractivity (Wildman–Crippen MR) is 52.5 cm³/mol. The minimum Gasteiger partial charge on any atom is -0.453 e. The van der Waals surface area contributed by atoms with Gasteiger partial charge in [0.1, 0.15) is 0 Å². The van der Waals surface area contributed by atoms with E-state index in [1.807, 2.05) is 13.8 Å². The maximum atomic E-state index is 11.1. The Morgan fingerprint density at radius 2 is 1.79 bits per heavy atom. The molecule has 2 amide bonds. The molecule has 82 valence electrons. The van der Waals surface area contributed by atoms with Crippen LogP contribution in [0.1, 0.15) is 20.8 Å². The molecule has 0 rings (SSSR count). The molecule has 5 nitrogen and oxygen atoms in total. The SMILES string of the molecule is COC(=O)NC(C)[C@H](C(N)=O)C(C)C. The quantitative estimate of drug-likeness (QED) is 0.696. The van der Waals surface area contributed by atoms with E-state index in [2.05, 4.69) is 10.1 Å². The first-order valence-corrected chi connectivity index (χ1v) is 4.54. The van der Waals surface area contributed by atoms with Gasteiger partial charge in [-0.1, -0.05) is 13.8 Å². The Balaban J connectivity index is 4.37. The highest BCUT2D eigenvalue weighted by atomic mass is 16.5. The average molecular weight is 202 g/mol. The van der Waals surface area contributed by atoms with Crippen LogP contribution >= 0.6 is 0 Å². The van der Waals surface area contributed by atoms with E-state index < -0.39 is 12.0 Å². The molecule has 0 saturated heterocycles. The van der Waals surface area contributed by atoms with Crippen LogP contribution in [0.5, 0.6) is 0 Å². The van der Waals surface area contributed by atoms with Gasteiger partial charge in [-0.25, -0.2) is 4.79 Å². The normalized spacial score (nSPS) is 14.6. The molecule has 0 fully saturated rings. The number of rotatable bonds is 4. The minimum atomic E-state index is -0.551. The highest BCUT2D eigenvalue weighted by molar-refractivity contribution is 5.78. The van der Waals surface area contributed by atoms with Gasteiger partial charge in [-0.3, -0.25) is 4.79 Å². The van der Waals surface area contributed by atoms with Gasteiger partial charge in [0.25, 0.3) is 0 Å². The third kappa shape index (κ3) is 3.64. The minimum absolute atomic E-state index is 0.0830. The van der Waals surface area contributed by atoms with E-state index in [9.17, 15) is 9.59 Å². The van der Waals surface area contributed by atoms with E-state index in [1.54, 1.807) is 6.92 Å². The Hall–Kier alpha value is -1.26. The van der Waals surface area contributed by atoms with Crippen molar-refractivity contribution in [2.45, 2.75) is 26.8 Å². The van der Waals surface area contributed by atoms with Gasteiger partial charge in [0, 0.05) is 6.04 Å². The van der Waals surface area contributed by atoms with Crippen LogP contribution in [0, 0.1) is 11.8 Å². The molecule has 1 unspecified atom stereocenters. The topological polar surface area (TPSA) is 81.4 Å². The van der Waals surface area contributed by atoms with Gasteiger partial charge in [0.15, 0.2) is 0 Å². The maximum Gasteiger partial charge on any atom is 0.407 e. The third-order valence-corrected chi connectivity index (χ3v) is 2.12. The molecule has 0 spiro atoms. The van der Waals surface area contributed by atoms with Crippen molar-refractivity contribution in [1.29, 1.82) is 0 Å². The number of carbonyl (C=O) groups is 2. The lowest BCUT2D eigenvalue weighted by atomic mass is 9.89. The van der Waals surface area contributed by atoms with Crippen LogP contribution in [-0.2, 0) is 9.53 Å². The molecule has 0 aromatic rings. The number of methoxy groups -OCH3 is 1. The molecular weight excluding hydrogens is 184 g/mol. The van der Waals surface area contributed by atoms with Gasteiger partial charge in [0.05, 0.1) is 13.0 Å². The van der Waals surface area contributed by atoms with Crippen LogP contribution in [0.3, 0.4) is 0 Å². The van der Waals surface area contributed by atoms with Gasteiger partial charge in [-0.05, 0) is 12.8 Å². The molecule has 0 saturated carbocycles. The van der Waals surface area contributed by atoms with Crippen molar-refractivity contribution in [1.82, 2.24) is 5.32 Å². The second-order valence-electron chi connectivity index (χ2n) is 3.60. The first kappa shape index (κ1) is 12.7. The number of hydrogen-bond donors (Lipinski definition) is 2. The van der Waals surface area contributed by atoms with Gasteiger partial charge < -0.3 is 15.8 Å². The molecule has 5 heteroatoms. The molecular formula is C9H18N2O3. The molecule has 3 N–H and O–H groups in total. The summed E-state index contributed by atoms with van der Waals surface area (Å²) in [4.78, 5) is 22.0. The fourth-order valence-corrected chi connectivity index (χ4v) is 1.49. The molecule has 14 heavy (non-hydrogen) atoms. The van der Waals surface area contributed by atoms with Gasteiger partial charge in [-0.15, -0.1) is 0 Å². The largest absolute Gasteiger partial charge is 0.453 e. The summed E-state index contributed by atoms with van der Waals surface area (Å²) in [6, 6.07) is -0.319. The predicted octanol–water partition coefficient (Wildman–Crippen LogP) is 0.488. The molecule has 0 aromatic heterocycles. The molecule has 0 heterocycles.